The Kier molecular flexibility index (Phi) is 4.73. The molecule has 3 N–H and O–H groups in total. The van der Waals surface area contributed by atoms with Crippen LogP contribution in [0.3, 0.4) is 0 Å². The quantitative estimate of drug-likeness (QED) is 0.668. The number of nitrogens with zero attached hydrogens (tertiary/aromatic N) is 1. The van der Waals surface area contributed by atoms with Crippen LogP contribution in [0.5, 0.6) is 0 Å². The van der Waals surface area contributed by atoms with Gasteiger partial charge in [-0.15, -0.1) is 0 Å². The van der Waals surface area contributed by atoms with Crippen molar-refractivity contribution in [2.45, 2.75) is 44.1 Å². The summed E-state index contributed by atoms with van der Waals surface area (Å²) in [6.07, 6.45) is 5.92. The van der Waals surface area contributed by atoms with Gasteiger partial charge in [-0.3, -0.25) is 9.59 Å². The van der Waals surface area contributed by atoms with Gasteiger partial charge in [0, 0.05) is 19.2 Å². The summed E-state index contributed by atoms with van der Waals surface area (Å²) in [5, 5.41) is 22.8. The van der Waals surface area contributed by atoms with Gasteiger partial charge in [0.05, 0.1) is 11.5 Å². The van der Waals surface area contributed by atoms with E-state index in [9.17, 15) is 14.7 Å². The Morgan fingerprint density at radius 1 is 1.17 bits per heavy atom. The molecule has 0 atom stereocenters. The first-order chi connectivity index (χ1) is 11.0. The Labute approximate surface area is 136 Å². The van der Waals surface area contributed by atoms with Crippen LogP contribution in [0.4, 0.5) is 0 Å². The Hall–Kier alpha value is -1.40. The zero-order valence-corrected chi connectivity index (χ0v) is 13.5. The van der Waals surface area contributed by atoms with Crippen LogP contribution in [0, 0.1) is 11.8 Å². The summed E-state index contributed by atoms with van der Waals surface area (Å²) in [6.45, 7) is 3.20. The highest BCUT2D eigenvalue weighted by atomic mass is 16.4. The fourth-order valence-corrected chi connectivity index (χ4v) is 4.10. The van der Waals surface area contributed by atoms with Crippen LogP contribution < -0.4 is 5.32 Å². The topological polar surface area (TPSA) is 89.9 Å². The van der Waals surface area contributed by atoms with Crippen LogP contribution in [0.25, 0.3) is 0 Å². The van der Waals surface area contributed by atoms with Gasteiger partial charge in [-0.25, -0.2) is 0 Å². The average Bonchev–Trinajstić information content (AvgIpc) is 2.52. The van der Waals surface area contributed by atoms with Crippen molar-refractivity contribution in [2.75, 3.05) is 26.2 Å². The number of aliphatic hydroxyl groups is 1. The number of rotatable bonds is 3. The maximum Gasteiger partial charge on any atom is 0.306 e. The number of carboxylic acids is 1. The van der Waals surface area contributed by atoms with Crippen molar-refractivity contribution in [1.29, 1.82) is 0 Å². The molecule has 0 aromatic carbocycles. The van der Waals surface area contributed by atoms with Crippen molar-refractivity contribution in [2.24, 2.45) is 11.8 Å². The standard InChI is InChI=1S/C17H26N2O4/c20-15(9-12-1-5-18-6-2-12)19-7-3-14(4-8-19)17(23)10-13(11-17)16(21)22/h9,13-14,18,23H,1-8,10-11H2,(H,21,22). The largest absolute Gasteiger partial charge is 0.481 e. The molecule has 128 valence electrons. The van der Waals surface area contributed by atoms with Crippen LogP contribution >= 0.6 is 0 Å². The Bertz CT molecular complexity index is 495. The lowest BCUT2D eigenvalue weighted by Gasteiger charge is -2.49. The van der Waals surface area contributed by atoms with Gasteiger partial charge in [0.1, 0.15) is 0 Å². The van der Waals surface area contributed by atoms with E-state index in [0.717, 1.165) is 38.8 Å². The minimum atomic E-state index is -0.828. The number of carbonyl (C=O) groups excluding carboxylic acids is 1. The molecular weight excluding hydrogens is 296 g/mol. The molecule has 2 aliphatic heterocycles. The zero-order valence-electron chi connectivity index (χ0n) is 13.5. The first-order valence-corrected chi connectivity index (χ1v) is 8.62. The summed E-state index contributed by atoms with van der Waals surface area (Å²) in [7, 11) is 0. The molecule has 2 heterocycles. The molecule has 3 rings (SSSR count). The van der Waals surface area contributed by atoms with Gasteiger partial charge in [-0.1, -0.05) is 5.57 Å². The Morgan fingerprint density at radius 3 is 2.35 bits per heavy atom. The van der Waals surface area contributed by atoms with E-state index in [1.54, 1.807) is 6.08 Å². The average molecular weight is 322 g/mol. The lowest BCUT2D eigenvalue weighted by Crippen LogP contribution is -2.55. The first kappa shape index (κ1) is 16.5. The molecule has 1 aliphatic carbocycles. The van der Waals surface area contributed by atoms with E-state index in [1.807, 2.05) is 4.90 Å². The van der Waals surface area contributed by atoms with Crippen molar-refractivity contribution < 1.29 is 19.8 Å². The van der Waals surface area contributed by atoms with Crippen LogP contribution in [0.15, 0.2) is 11.6 Å². The van der Waals surface area contributed by atoms with Gasteiger partial charge in [-0.05, 0) is 57.5 Å². The molecule has 0 aromatic heterocycles. The van der Waals surface area contributed by atoms with E-state index in [-0.39, 0.29) is 11.8 Å². The first-order valence-electron chi connectivity index (χ1n) is 8.62. The Morgan fingerprint density at radius 2 is 1.78 bits per heavy atom. The van der Waals surface area contributed by atoms with Crippen molar-refractivity contribution in [1.82, 2.24) is 10.2 Å². The van der Waals surface area contributed by atoms with E-state index in [1.165, 1.54) is 5.57 Å². The maximum atomic E-state index is 12.3. The van der Waals surface area contributed by atoms with Gasteiger partial charge in [0.25, 0.3) is 0 Å². The van der Waals surface area contributed by atoms with Crippen molar-refractivity contribution in [3.63, 3.8) is 0 Å². The van der Waals surface area contributed by atoms with Gasteiger partial charge < -0.3 is 20.4 Å². The summed E-state index contributed by atoms with van der Waals surface area (Å²) in [5.74, 6) is -1.00. The summed E-state index contributed by atoms with van der Waals surface area (Å²) < 4.78 is 0. The number of aliphatic carboxylic acids is 1. The van der Waals surface area contributed by atoms with E-state index < -0.39 is 17.5 Å². The second-order valence-electron chi connectivity index (χ2n) is 7.20. The van der Waals surface area contributed by atoms with E-state index >= 15 is 0 Å². The minimum Gasteiger partial charge on any atom is -0.481 e. The molecule has 0 spiro atoms. The van der Waals surface area contributed by atoms with Crippen LogP contribution in [-0.2, 0) is 9.59 Å². The van der Waals surface area contributed by atoms with Crippen LogP contribution in [0.1, 0.15) is 38.5 Å². The molecule has 6 nitrogen and oxygen atoms in total. The lowest BCUT2D eigenvalue weighted by atomic mass is 9.62. The molecule has 0 radical (unpaired) electrons. The number of piperidine rings is 2. The highest BCUT2D eigenvalue weighted by Gasteiger charge is 2.51. The van der Waals surface area contributed by atoms with Crippen molar-refractivity contribution in [3.05, 3.63) is 11.6 Å². The molecule has 1 saturated carbocycles. The van der Waals surface area contributed by atoms with Crippen molar-refractivity contribution in [3.8, 4) is 0 Å². The normalized spacial score (nSPS) is 32.3. The van der Waals surface area contributed by atoms with E-state index in [0.29, 0.717) is 25.9 Å². The minimum absolute atomic E-state index is 0.0874. The molecule has 0 aromatic rings. The number of carboxylic acid groups (broad SMARTS) is 1. The summed E-state index contributed by atoms with van der Waals surface area (Å²) >= 11 is 0. The van der Waals surface area contributed by atoms with E-state index in [2.05, 4.69) is 5.32 Å². The fourth-order valence-electron chi connectivity index (χ4n) is 4.10. The number of hydrogen-bond donors (Lipinski definition) is 3. The highest BCUT2D eigenvalue weighted by Crippen LogP contribution is 2.46. The Balaban J connectivity index is 1.49. The molecule has 3 fully saturated rings. The number of amides is 1. The summed E-state index contributed by atoms with van der Waals surface area (Å²) in [5.41, 5.74) is 0.392. The molecule has 3 aliphatic rings. The predicted molar refractivity (Wildman–Crippen MR) is 84.8 cm³/mol. The number of hydrogen-bond acceptors (Lipinski definition) is 4. The molecule has 2 saturated heterocycles. The number of carbonyl (C=O) groups is 2. The summed E-state index contributed by atoms with van der Waals surface area (Å²) in [6, 6.07) is 0. The molecule has 6 heteroatoms. The monoisotopic (exact) mass is 322 g/mol. The SMILES string of the molecule is O=C(O)C1CC(O)(C2CCN(C(=O)C=C3CCNCC3)CC2)C1. The van der Waals surface area contributed by atoms with Gasteiger partial charge in [-0.2, -0.15) is 0 Å². The third-order valence-corrected chi connectivity index (χ3v) is 5.69. The summed E-state index contributed by atoms with van der Waals surface area (Å²) in [4.78, 5) is 25.1. The van der Waals surface area contributed by atoms with E-state index in [4.69, 9.17) is 5.11 Å². The zero-order chi connectivity index (χ0) is 16.4. The molecule has 23 heavy (non-hydrogen) atoms. The van der Waals surface area contributed by atoms with Crippen LogP contribution in [-0.4, -0.2) is 58.8 Å². The smallest absolute Gasteiger partial charge is 0.306 e. The third-order valence-electron chi connectivity index (χ3n) is 5.69. The molecule has 0 unspecified atom stereocenters. The molecular formula is C17H26N2O4. The molecule has 1 amide bonds. The molecule has 0 bridgehead atoms. The second-order valence-corrected chi connectivity index (χ2v) is 7.20. The van der Waals surface area contributed by atoms with Crippen molar-refractivity contribution >= 4 is 11.9 Å². The maximum absolute atomic E-state index is 12.3. The van der Waals surface area contributed by atoms with Gasteiger partial charge in [0.15, 0.2) is 0 Å². The van der Waals surface area contributed by atoms with Gasteiger partial charge in [0.2, 0.25) is 5.91 Å². The number of nitrogens with one attached hydrogen (secondary N) is 1. The number of likely N-dealkylation sites (tertiary alicyclic amines) is 1. The predicted octanol–water partition coefficient (Wildman–Crippen LogP) is 0.760. The second kappa shape index (κ2) is 6.61. The highest BCUT2D eigenvalue weighted by molar-refractivity contribution is 5.88. The third kappa shape index (κ3) is 3.58. The fraction of sp³-hybridized carbons (Fsp3) is 0.765. The van der Waals surface area contributed by atoms with Gasteiger partial charge >= 0.3 is 5.97 Å². The lowest BCUT2D eigenvalue weighted by molar-refractivity contribution is -0.170. The van der Waals surface area contributed by atoms with Crippen LogP contribution in [0.2, 0.25) is 0 Å².